The van der Waals surface area contributed by atoms with E-state index in [1.165, 1.54) is 0 Å². The van der Waals surface area contributed by atoms with Gasteiger partial charge in [-0.3, -0.25) is 10.3 Å². The number of carbonyl (C=O) groups is 1. The fourth-order valence-corrected chi connectivity index (χ4v) is 4.02. The number of aromatic nitrogens is 4. The Hall–Kier alpha value is -3.31. The summed E-state index contributed by atoms with van der Waals surface area (Å²) in [6.07, 6.45) is 3.57. The minimum atomic E-state index is -0.997. The maximum Gasteiger partial charge on any atom is 0.347 e. The fourth-order valence-electron chi connectivity index (χ4n) is 3.22. The summed E-state index contributed by atoms with van der Waals surface area (Å²) in [7, 11) is 1.96. The number of anilines is 4. The van der Waals surface area contributed by atoms with Crippen molar-refractivity contribution in [2.45, 2.75) is 13.5 Å². The van der Waals surface area contributed by atoms with Crippen molar-refractivity contribution in [3.8, 4) is 0 Å². The van der Waals surface area contributed by atoms with E-state index >= 15 is 0 Å². The highest BCUT2D eigenvalue weighted by molar-refractivity contribution is 7.17. The predicted octanol–water partition coefficient (Wildman–Crippen LogP) is 2.55. The molecule has 1 fully saturated rings. The Morgan fingerprint density at radius 2 is 2.13 bits per heavy atom. The van der Waals surface area contributed by atoms with Crippen LogP contribution in [0.25, 0.3) is 0 Å². The molecule has 0 bridgehead atoms. The van der Waals surface area contributed by atoms with Crippen molar-refractivity contribution in [1.82, 2.24) is 19.9 Å². The van der Waals surface area contributed by atoms with Crippen molar-refractivity contribution in [2.75, 3.05) is 48.5 Å². The molecule has 0 saturated carbocycles. The first-order chi connectivity index (χ1) is 15.0. The number of thiazole rings is 1. The van der Waals surface area contributed by atoms with Crippen LogP contribution >= 0.6 is 11.3 Å². The molecule has 4 heterocycles. The van der Waals surface area contributed by atoms with Gasteiger partial charge in [-0.15, -0.1) is 0 Å². The number of morpholine rings is 1. The number of nitrogens with zero attached hydrogens (tertiary/aromatic N) is 6. The Morgan fingerprint density at radius 3 is 2.81 bits per heavy atom. The third-order valence-electron chi connectivity index (χ3n) is 4.78. The lowest BCUT2D eigenvalue weighted by Gasteiger charge is -2.29. The Kier molecular flexibility index (Phi) is 6.23. The number of nitrogens with one attached hydrogen (secondary N) is 1. The molecule has 0 spiro atoms. The molecule has 0 aromatic carbocycles. The average Bonchev–Trinajstić information content (AvgIpc) is 3.15. The van der Waals surface area contributed by atoms with E-state index in [-0.39, 0.29) is 4.88 Å². The standard InChI is InChI=1S/C20H23N7O3S/c1-13-17(18(28)29)31-20(22-13)25-19-23-15(26(2)12-14-4-3-5-21-11-14)10-16(24-19)27-6-8-30-9-7-27/h3-5,10-11H,6-9,12H2,1-2H3,(H,28,29)(H,22,23,24,25). The Balaban J connectivity index is 1.64. The molecule has 4 rings (SSSR count). The summed E-state index contributed by atoms with van der Waals surface area (Å²) in [5.41, 5.74) is 1.52. The van der Waals surface area contributed by atoms with Gasteiger partial charge in [-0.05, 0) is 18.6 Å². The molecule has 11 heteroatoms. The lowest BCUT2D eigenvalue weighted by atomic mass is 10.2. The minimum absolute atomic E-state index is 0.195. The van der Waals surface area contributed by atoms with Crippen molar-refractivity contribution in [1.29, 1.82) is 0 Å². The Bertz CT molecular complexity index is 1050. The van der Waals surface area contributed by atoms with Crippen LogP contribution in [0.4, 0.5) is 22.7 Å². The third-order valence-corrected chi connectivity index (χ3v) is 5.84. The lowest BCUT2D eigenvalue weighted by Crippen LogP contribution is -2.37. The molecule has 1 aliphatic heterocycles. The van der Waals surface area contributed by atoms with E-state index in [2.05, 4.69) is 30.2 Å². The molecule has 1 aliphatic rings. The molecule has 162 valence electrons. The Labute approximate surface area is 183 Å². The summed E-state index contributed by atoms with van der Waals surface area (Å²) in [5.74, 6) is 0.876. The molecule has 3 aromatic heterocycles. The van der Waals surface area contributed by atoms with E-state index in [1.54, 1.807) is 13.1 Å². The van der Waals surface area contributed by atoms with Crippen molar-refractivity contribution in [2.24, 2.45) is 0 Å². The highest BCUT2D eigenvalue weighted by Crippen LogP contribution is 2.27. The maximum atomic E-state index is 11.3. The molecule has 10 nitrogen and oxygen atoms in total. The average molecular weight is 442 g/mol. The number of hydrogen-bond donors (Lipinski definition) is 2. The molecule has 0 atom stereocenters. The van der Waals surface area contributed by atoms with Crippen LogP contribution in [0.5, 0.6) is 0 Å². The van der Waals surface area contributed by atoms with Crippen LogP contribution in [0, 0.1) is 6.92 Å². The van der Waals surface area contributed by atoms with Crippen molar-refractivity contribution >= 4 is 40.0 Å². The van der Waals surface area contributed by atoms with Gasteiger partial charge in [0.05, 0.1) is 18.9 Å². The molecule has 3 aromatic rings. The van der Waals surface area contributed by atoms with Gasteiger partial charge < -0.3 is 19.6 Å². The van der Waals surface area contributed by atoms with Crippen molar-refractivity contribution in [3.63, 3.8) is 0 Å². The highest BCUT2D eigenvalue weighted by atomic mass is 32.1. The number of rotatable bonds is 7. The van der Waals surface area contributed by atoms with Gasteiger partial charge in [0.25, 0.3) is 0 Å². The number of aromatic carboxylic acids is 1. The van der Waals surface area contributed by atoms with Crippen LogP contribution < -0.4 is 15.1 Å². The lowest BCUT2D eigenvalue weighted by molar-refractivity contribution is 0.0701. The van der Waals surface area contributed by atoms with Gasteiger partial charge in [0, 0.05) is 45.1 Å². The van der Waals surface area contributed by atoms with Gasteiger partial charge >= 0.3 is 5.97 Å². The first kappa shape index (κ1) is 20.9. The second-order valence-corrected chi connectivity index (χ2v) is 8.09. The van der Waals surface area contributed by atoms with Crippen LogP contribution in [-0.4, -0.2) is 64.4 Å². The number of hydrogen-bond acceptors (Lipinski definition) is 10. The summed E-state index contributed by atoms with van der Waals surface area (Å²) in [6, 6.07) is 5.86. The summed E-state index contributed by atoms with van der Waals surface area (Å²) in [5, 5.41) is 12.8. The first-order valence-electron chi connectivity index (χ1n) is 9.79. The molecular formula is C20H23N7O3S. The van der Waals surface area contributed by atoms with E-state index in [0.717, 1.165) is 41.6 Å². The van der Waals surface area contributed by atoms with E-state index in [4.69, 9.17) is 4.74 Å². The van der Waals surface area contributed by atoms with Crippen LogP contribution in [0.15, 0.2) is 30.6 Å². The number of aryl methyl sites for hydroxylation is 1. The topological polar surface area (TPSA) is 117 Å². The number of ether oxygens (including phenoxy) is 1. The SMILES string of the molecule is Cc1nc(Nc2nc(N(C)Cc3cccnc3)cc(N3CCOCC3)n2)sc1C(=O)O. The van der Waals surface area contributed by atoms with E-state index in [9.17, 15) is 9.90 Å². The summed E-state index contributed by atoms with van der Waals surface area (Å²) >= 11 is 1.06. The Morgan fingerprint density at radius 1 is 1.32 bits per heavy atom. The van der Waals surface area contributed by atoms with Gasteiger partial charge in [-0.2, -0.15) is 9.97 Å². The molecule has 2 N–H and O–H groups in total. The van der Waals surface area contributed by atoms with Gasteiger partial charge in [-0.25, -0.2) is 9.78 Å². The second kappa shape index (κ2) is 9.23. The normalized spacial score (nSPS) is 13.8. The second-order valence-electron chi connectivity index (χ2n) is 7.09. The molecule has 0 amide bonds. The number of carboxylic acid groups (broad SMARTS) is 1. The first-order valence-corrected chi connectivity index (χ1v) is 10.6. The number of pyridine rings is 1. The van der Waals surface area contributed by atoms with E-state index in [0.29, 0.717) is 36.5 Å². The van der Waals surface area contributed by atoms with Crippen LogP contribution in [0.2, 0.25) is 0 Å². The monoisotopic (exact) mass is 441 g/mol. The van der Waals surface area contributed by atoms with Gasteiger partial charge in [-0.1, -0.05) is 17.4 Å². The van der Waals surface area contributed by atoms with E-state index in [1.807, 2.05) is 36.3 Å². The zero-order chi connectivity index (χ0) is 21.8. The zero-order valence-electron chi connectivity index (χ0n) is 17.3. The van der Waals surface area contributed by atoms with Crippen molar-refractivity contribution < 1.29 is 14.6 Å². The van der Waals surface area contributed by atoms with Gasteiger partial charge in [0.2, 0.25) is 5.95 Å². The molecule has 31 heavy (non-hydrogen) atoms. The zero-order valence-corrected chi connectivity index (χ0v) is 18.1. The van der Waals surface area contributed by atoms with Crippen LogP contribution in [0.1, 0.15) is 20.9 Å². The number of carboxylic acids is 1. The molecule has 0 unspecified atom stereocenters. The summed E-state index contributed by atoms with van der Waals surface area (Å²) in [4.78, 5) is 33.5. The highest BCUT2D eigenvalue weighted by Gasteiger charge is 2.19. The third kappa shape index (κ3) is 5.06. The van der Waals surface area contributed by atoms with Crippen LogP contribution in [0.3, 0.4) is 0 Å². The van der Waals surface area contributed by atoms with Gasteiger partial charge in [0.15, 0.2) is 5.13 Å². The molecular weight excluding hydrogens is 418 g/mol. The maximum absolute atomic E-state index is 11.3. The fraction of sp³-hybridized carbons (Fsp3) is 0.350. The summed E-state index contributed by atoms with van der Waals surface area (Å²) in [6.45, 7) is 5.06. The van der Waals surface area contributed by atoms with Crippen molar-refractivity contribution in [3.05, 3.63) is 46.7 Å². The minimum Gasteiger partial charge on any atom is -0.477 e. The largest absolute Gasteiger partial charge is 0.477 e. The van der Waals surface area contributed by atoms with E-state index < -0.39 is 5.97 Å². The van der Waals surface area contributed by atoms with Crippen LogP contribution in [-0.2, 0) is 11.3 Å². The molecule has 0 aliphatic carbocycles. The summed E-state index contributed by atoms with van der Waals surface area (Å²) < 4.78 is 5.46. The molecule has 1 saturated heterocycles. The molecule has 0 radical (unpaired) electrons. The predicted molar refractivity (Wildman–Crippen MR) is 119 cm³/mol. The smallest absolute Gasteiger partial charge is 0.347 e. The van der Waals surface area contributed by atoms with Gasteiger partial charge in [0.1, 0.15) is 16.5 Å². The quantitative estimate of drug-likeness (QED) is 0.566.